The number of aromatic amines is 1. The standard InChI is InChI=1S/C16H23N3O2/c1-11(2)21-8-7-18-16(20)14(17)9-12-10-19-15-6-4-3-5-13(12)15/h3-6,10-11,14,19H,7-9,17H2,1-2H3,(H,18,20)/t14-/m1/s1. The SMILES string of the molecule is CC(C)OCCNC(=O)[C@H](N)Cc1c[nH]c2ccccc12. The smallest absolute Gasteiger partial charge is 0.237 e. The van der Waals surface area contributed by atoms with Crippen LogP contribution in [0.25, 0.3) is 10.9 Å². The number of hydrogen-bond donors (Lipinski definition) is 3. The maximum atomic E-state index is 11.9. The van der Waals surface area contributed by atoms with Gasteiger partial charge in [0, 0.05) is 23.6 Å². The average Bonchev–Trinajstić information content (AvgIpc) is 2.86. The van der Waals surface area contributed by atoms with Crippen molar-refractivity contribution in [2.75, 3.05) is 13.2 Å². The summed E-state index contributed by atoms with van der Waals surface area (Å²) in [6, 6.07) is 7.44. The second kappa shape index (κ2) is 7.24. The number of aromatic nitrogens is 1. The second-order valence-corrected chi connectivity index (χ2v) is 5.38. The Morgan fingerprint density at radius 2 is 2.14 bits per heavy atom. The molecule has 1 aromatic heterocycles. The molecule has 0 aliphatic carbocycles. The molecule has 114 valence electrons. The molecule has 5 heteroatoms. The van der Waals surface area contributed by atoms with Gasteiger partial charge in [-0.1, -0.05) is 18.2 Å². The van der Waals surface area contributed by atoms with Crippen molar-refractivity contribution in [3.8, 4) is 0 Å². The molecule has 1 aromatic carbocycles. The van der Waals surface area contributed by atoms with E-state index in [1.165, 1.54) is 0 Å². The third kappa shape index (κ3) is 4.31. The number of rotatable bonds is 7. The van der Waals surface area contributed by atoms with Gasteiger partial charge in [-0.2, -0.15) is 0 Å². The van der Waals surface area contributed by atoms with Gasteiger partial charge in [0.1, 0.15) is 0 Å². The van der Waals surface area contributed by atoms with Crippen molar-refractivity contribution in [1.82, 2.24) is 10.3 Å². The number of nitrogens with two attached hydrogens (primary N) is 1. The van der Waals surface area contributed by atoms with E-state index < -0.39 is 6.04 Å². The molecule has 0 aliphatic rings. The molecule has 0 bridgehead atoms. The van der Waals surface area contributed by atoms with Crippen molar-refractivity contribution in [1.29, 1.82) is 0 Å². The Balaban J connectivity index is 1.86. The zero-order chi connectivity index (χ0) is 15.2. The lowest BCUT2D eigenvalue weighted by Gasteiger charge is -2.13. The largest absolute Gasteiger partial charge is 0.377 e. The van der Waals surface area contributed by atoms with Crippen LogP contribution in [0.15, 0.2) is 30.5 Å². The van der Waals surface area contributed by atoms with E-state index in [1.54, 1.807) is 0 Å². The van der Waals surface area contributed by atoms with Gasteiger partial charge >= 0.3 is 0 Å². The highest BCUT2D eigenvalue weighted by molar-refractivity contribution is 5.86. The monoisotopic (exact) mass is 289 g/mol. The topological polar surface area (TPSA) is 80.1 Å². The summed E-state index contributed by atoms with van der Waals surface area (Å²) in [6.45, 7) is 4.91. The highest BCUT2D eigenvalue weighted by atomic mass is 16.5. The minimum Gasteiger partial charge on any atom is -0.377 e. The van der Waals surface area contributed by atoms with Gasteiger partial charge in [-0.25, -0.2) is 0 Å². The van der Waals surface area contributed by atoms with Gasteiger partial charge in [-0.05, 0) is 31.9 Å². The summed E-state index contributed by atoms with van der Waals surface area (Å²) in [6.07, 6.45) is 2.60. The van der Waals surface area contributed by atoms with E-state index in [0.717, 1.165) is 16.5 Å². The van der Waals surface area contributed by atoms with Crippen LogP contribution in [0, 0.1) is 0 Å². The molecule has 4 N–H and O–H groups in total. The van der Waals surface area contributed by atoms with Gasteiger partial charge in [-0.3, -0.25) is 4.79 Å². The molecule has 0 unspecified atom stereocenters. The summed E-state index contributed by atoms with van der Waals surface area (Å²) < 4.78 is 5.37. The average molecular weight is 289 g/mol. The molecule has 2 rings (SSSR count). The van der Waals surface area contributed by atoms with Gasteiger partial charge < -0.3 is 20.8 Å². The van der Waals surface area contributed by atoms with E-state index in [4.69, 9.17) is 10.5 Å². The fourth-order valence-corrected chi connectivity index (χ4v) is 2.23. The number of ether oxygens (including phenoxy) is 1. The number of fused-ring (bicyclic) bond motifs is 1. The van der Waals surface area contributed by atoms with E-state index in [1.807, 2.05) is 44.3 Å². The lowest BCUT2D eigenvalue weighted by molar-refractivity contribution is -0.122. The van der Waals surface area contributed by atoms with Crippen LogP contribution in [0.2, 0.25) is 0 Å². The molecule has 0 saturated heterocycles. The summed E-state index contributed by atoms with van der Waals surface area (Å²) in [5.74, 6) is -0.146. The summed E-state index contributed by atoms with van der Waals surface area (Å²) in [4.78, 5) is 15.1. The van der Waals surface area contributed by atoms with Crippen LogP contribution in [0.3, 0.4) is 0 Å². The third-order valence-electron chi connectivity index (χ3n) is 3.30. The first-order chi connectivity index (χ1) is 10.1. The lowest BCUT2D eigenvalue weighted by Crippen LogP contribution is -2.43. The van der Waals surface area contributed by atoms with Crippen molar-refractivity contribution < 1.29 is 9.53 Å². The van der Waals surface area contributed by atoms with Crippen LogP contribution in [0.5, 0.6) is 0 Å². The zero-order valence-electron chi connectivity index (χ0n) is 12.6. The molecule has 0 radical (unpaired) electrons. The molecular weight excluding hydrogens is 266 g/mol. The molecule has 21 heavy (non-hydrogen) atoms. The molecule has 0 saturated carbocycles. The quantitative estimate of drug-likeness (QED) is 0.677. The molecule has 1 atom stereocenters. The molecule has 0 spiro atoms. The number of carbonyl (C=O) groups is 1. The molecule has 1 heterocycles. The van der Waals surface area contributed by atoms with E-state index in [-0.39, 0.29) is 12.0 Å². The fraction of sp³-hybridized carbons (Fsp3) is 0.438. The van der Waals surface area contributed by atoms with Crippen molar-refractivity contribution in [2.24, 2.45) is 5.73 Å². The van der Waals surface area contributed by atoms with Crippen molar-refractivity contribution in [2.45, 2.75) is 32.4 Å². The Morgan fingerprint density at radius 1 is 1.38 bits per heavy atom. The van der Waals surface area contributed by atoms with Gasteiger partial charge in [0.25, 0.3) is 0 Å². The summed E-state index contributed by atoms with van der Waals surface area (Å²) >= 11 is 0. The number of benzene rings is 1. The fourth-order valence-electron chi connectivity index (χ4n) is 2.23. The van der Waals surface area contributed by atoms with E-state index in [2.05, 4.69) is 10.3 Å². The highest BCUT2D eigenvalue weighted by Crippen LogP contribution is 2.18. The van der Waals surface area contributed by atoms with Crippen molar-refractivity contribution in [3.63, 3.8) is 0 Å². The van der Waals surface area contributed by atoms with Gasteiger partial charge in [0.15, 0.2) is 0 Å². The maximum Gasteiger partial charge on any atom is 0.237 e. The summed E-state index contributed by atoms with van der Waals surface area (Å²) in [7, 11) is 0. The van der Waals surface area contributed by atoms with Crippen molar-refractivity contribution >= 4 is 16.8 Å². The number of carbonyl (C=O) groups excluding carboxylic acids is 1. The van der Waals surface area contributed by atoms with Crippen LogP contribution in [0.1, 0.15) is 19.4 Å². The van der Waals surface area contributed by atoms with Crippen LogP contribution in [0.4, 0.5) is 0 Å². The number of nitrogens with one attached hydrogen (secondary N) is 2. The minimum absolute atomic E-state index is 0.146. The first kappa shape index (κ1) is 15.5. The van der Waals surface area contributed by atoms with E-state index in [0.29, 0.717) is 19.6 Å². The number of H-pyrrole nitrogens is 1. The Bertz CT molecular complexity index is 592. The first-order valence-electron chi connectivity index (χ1n) is 7.28. The van der Waals surface area contributed by atoms with Gasteiger partial charge in [-0.15, -0.1) is 0 Å². The van der Waals surface area contributed by atoms with Gasteiger partial charge in [0.2, 0.25) is 5.91 Å². The predicted molar refractivity (Wildman–Crippen MR) is 84.1 cm³/mol. The second-order valence-electron chi connectivity index (χ2n) is 5.38. The third-order valence-corrected chi connectivity index (χ3v) is 3.30. The molecule has 1 amide bonds. The summed E-state index contributed by atoms with van der Waals surface area (Å²) in [5.41, 5.74) is 8.10. The van der Waals surface area contributed by atoms with Crippen LogP contribution in [-0.4, -0.2) is 36.2 Å². The molecule has 0 aliphatic heterocycles. The molecular formula is C16H23N3O2. The van der Waals surface area contributed by atoms with E-state index in [9.17, 15) is 4.79 Å². The lowest BCUT2D eigenvalue weighted by atomic mass is 10.1. The zero-order valence-corrected chi connectivity index (χ0v) is 12.6. The van der Waals surface area contributed by atoms with Crippen LogP contribution >= 0.6 is 0 Å². The Hall–Kier alpha value is -1.85. The van der Waals surface area contributed by atoms with Crippen LogP contribution in [-0.2, 0) is 16.0 Å². The molecule has 0 fully saturated rings. The molecule has 5 nitrogen and oxygen atoms in total. The van der Waals surface area contributed by atoms with Crippen molar-refractivity contribution in [3.05, 3.63) is 36.0 Å². The Kier molecular flexibility index (Phi) is 5.36. The summed E-state index contributed by atoms with van der Waals surface area (Å²) in [5, 5.41) is 3.91. The van der Waals surface area contributed by atoms with Crippen LogP contribution < -0.4 is 11.1 Å². The Morgan fingerprint density at radius 3 is 2.90 bits per heavy atom. The van der Waals surface area contributed by atoms with Gasteiger partial charge in [0.05, 0.1) is 18.8 Å². The first-order valence-corrected chi connectivity index (χ1v) is 7.28. The minimum atomic E-state index is -0.553. The number of amides is 1. The highest BCUT2D eigenvalue weighted by Gasteiger charge is 2.15. The molecule has 2 aromatic rings. The normalized spacial score (nSPS) is 12.8. The maximum absolute atomic E-state index is 11.9. The number of para-hydroxylation sites is 1. The predicted octanol–water partition coefficient (Wildman–Crippen LogP) is 1.58. The van der Waals surface area contributed by atoms with E-state index >= 15 is 0 Å². The Labute approximate surface area is 124 Å². The number of hydrogen-bond acceptors (Lipinski definition) is 3.